The van der Waals surface area contributed by atoms with Crippen LogP contribution in [0.3, 0.4) is 0 Å². The Balaban J connectivity index is 1.02. The van der Waals surface area contributed by atoms with E-state index in [1.165, 1.54) is 70.2 Å². The molecule has 5 nitrogen and oxygen atoms in total. The van der Waals surface area contributed by atoms with E-state index in [-0.39, 0.29) is 45.7 Å². The number of hydrogen-bond acceptors (Lipinski definition) is 3. The molecule has 0 saturated carbocycles. The highest BCUT2D eigenvalue weighted by Crippen LogP contribution is 2.48. The fourth-order valence-electron chi connectivity index (χ4n) is 10.0. The Morgan fingerprint density at radius 1 is 0.523 bits per heavy atom. The van der Waals surface area contributed by atoms with Crippen LogP contribution in [0.5, 0.6) is 0 Å². The molecular formula is C60H78N2O3. The molecule has 2 aliphatic carbocycles. The molecule has 0 bridgehead atoms. The van der Waals surface area contributed by atoms with Crippen molar-refractivity contribution >= 4 is 40.9 Å². The Kier molecular flexibility index (Phi) is 15.7. The van der Waals surface area contributed by atoms with Crippen LogP contribution >= 0.6 is 0 Å². The molecule has 2 aliphatic rings. The number of benzene rings is 4. The number of Topliss-reactive ketones (excluding diaryl/α,β-unsaturated/α-hetero) is 1. The molecule has 2 amide bonds. The Bertz CT molecular complexity index is 2390. The Morgan fingerprint density at radius 2 is 0.938 bits per heavy atom. The Hall–Kier alpha value is -5.03. The average molecular weight is 875 g/mol. The Labute approximate surface area is 392 Å². The summed E-state index contributed by atoms with van der Waals surface area (Å²) in [5.74, 6) is -0.623. The lowest BCUT2D eigenvalue weighted by molar-refractivity contribution is -0.125. The monoisotopic (exact) mass is 875 g/mol. The van der Waals surface area contributed by atoms with E-state index in [2.05, 4.69) is 135 Å². The summed E-state index contributed by atoms with van der Waals surface area (Å²) in [7, 11) is 0. The zero-order valence-electron chi connectivity index (χ0n) is 41.7. The summed E-state index contributed by atoms with van der Waals surface area (Å²) in [6.07, 6.45) is 14.4. The molecular weight excluding hydrogens is 797 g/mol. The van der Waals surface area contributed by atoms with Crippen molar-refractivity contribution in [2.45, 2.75) is 168 Å². The number of carbonyl (C=O) groups is 3. The normalized spacial score (nSPS) is 17.6. The first-order valence-electron chi connectivity index (χ1n) is 24.7. The number of ketones is 1. The van der Waals surface area contributed by atoms with Gasteiger partial charge in [0.25, 0.3) is 5.91 Å². The molecule has 5 heteroatoms. The lowest BCUT2D eigenvalue weighted by atomic mass is 9.63. The van der Waals surface area contributed by atoms with Crippen molar-refractivity contribution in [3.8, 4) is 0 Å². The van der Waals surface area contributed by atoms with Gasteiger partial charge < -0.3 is 10.6 Å². The fourth-order valence-corrected chi connectivity index (χ4v) is 10.0. The molecule has 0 aromatic heterocycles. The minimum atomic E-state index is -0.427. The summed E-state index contributed by atoms with van der Waals surface area (Å²) in [6, 6.07) is 29.5. The maximum Gasteiger partial charge on any atom is 0.251 e. The SMILES string of the molecule is CCCCCNC(=O)C(CCCCNC(=O)c1ccc(/C=C(\C)c2ccc3c(c2)C(C)(C)CCC3(C)C)cc1)CC(=O)c1ccc(/C=C(\C)c2ccc3c(c2)C(C)(C)CCC3(C)C)cc1. The molecule has 0 heterocycles. The number of amides is 2. The summed E-state index contributed by atoms with van der Waals surface area (Å²) in [5.41, 5.74) is 14.7. The maximum absolute atomic E-state index is 13.7. The van der Waals surface area contributed by atoms with Gasteiger partial charge in [0.2, 0.25) is 5.91 Å². The highest BCUT2D eigenvalue weighted by molar-refractivity contribution is 5.99. The van der Waals surface area contributed by atoms with Crippen molar-refractivity contribution in [1.29, 1.82) is 0 Å². The standard InChI is InChI=1S/C60H78N2O3/c1-12-13-15-34-62-56(65)49(40-54(63)45-22-18-43(19-23-45)36-41(2)47-26-28-50-52(38-47)59(8,9)32-30-57(50,4)5)17-14-16-35-61-55(64)46-24-20-44(21-25-46)37-42(3)48-27-29-51-53(39-48)60(10,11)33-31-58(51,6)7/h18-29,36-39,49H,12-17,30-35,40H2,1-11H3,(H,61,64)(H,62,65)/b41-36+,42-37+. The number of rotatable bonds is 18. The molecule has 1 unspecified atom stereocenters. The molecule has 6 rings (SSSR count). The van der Waals surface area contributed by atoms with Crippen LogP contribution in [-0.4, -0.2) is 30.7 Å². The summed E-state index contributed by atoms with van der Waals surface area (Å²) in [6.45, 7) is 26.4. The largest absolute Gasteiger partial charge is 0.356 e. The quantitative estimate of drug-likeness (QED) is 0.0594. The number of unbranched alkanes of at least 4 members (excludes halogenated alkanes) is 3. The molecule has 4 aromatic carbocycles. The van der Waals surface area contributed by atoms with E-state index >= 15 is 0 Å². The van der Waals surface area contributed by atoms with E-state index in [0.29, 0.717) is 37.1 Å². The second-order valence-corrected chi connectivity index (χ2v) is 22.0. The molecule has 1 atom stereocenters. The first-order chi connectivity index (χ1) is 30.7. The molecule has 0 saturated heterocycles. The summed E-state index contributed by atoms with van der Waals surface area (Å²) in [5, 5.41) is 6.17. The minimum absolute atomic E-state index is 0.0250. The van der Waals surface area contributed by atoms with Crippen molar-refractivity contribution in [2.75, 3.05) is 13.1 Å². The number of allylic oxidation sites excluding steroid dienone is 2. The van der Waals surface area contributed by atoms with Gasteiger partial charge in [-0.2, -0.15) is 0 Å². The van der Waals surface area contributed by atoms with Crippen molar-refractivity contribution in [1.82, 2.24) is 10.6 Å². The van der Waals surface area contributed by atoms with Crippen molar-refractivity contribution in [3.63, 3.8) is 0 Å². The molecule has 4 aromatic rings. The smallest absolute Gasteiger partial charge is 0.251 e. The van der Waals surface area contributed by atoms with Crippen LogP contribution in [-0.2, 0) is 26.5 Å². The van der Waals surface area contributed by atoms with Crippen molar-refractivity contribution < 1.29 is 14.4 Å². The molecule has 0 aliphatic heterocycles. The predicted molar refractivity (Wildman–Crippen MR) is 275 cm³/mol. The van der Waals surface area contributed by atoms with E-state index in [0.717, 1.165) is 36.8 Å². The summed E-state index contributed by atoms with van der Waals surface area (Å²) in [4.78, 5) is 40.3. The molecule has 0 spiro atoms. The van der Waals surface area contributed by atoms with Gasteiger partial charge in [-0.3, -0.25) is 14.4 Å². The minimum Gasteiger partial charge on any atom is -0.356 e. The van der Waals surface area contributed by atoms with E-state index in [1.807, 2.05) is 48.5 Å². The molecule has 346 valence electrons. The third kappa shape index (κ3) is 12.3. The number of hydrogen-bond donors (Lipinski definition) is 2. The van der Waals surface area contributed by atoms with Gasteiger partial charge in [-0.25, -0.2) is 0 Å². The Morgan fingerprint density at radius 3 is 1.42 bits per heavy atom. The highest BCUT2D eigenvalue weighted by atomic mass is 16.2. The molecule has 0 fully saturated rings. The van der Waals surface area contributed by atoms with Crippen molar-refractivity contribution in [3.05, 3.63) is 141 Å². The number of carbonyl (C=O) groups excluding carboxylic acids is 3. The van der Waals surface area contributed by atoms with Gasteiger partial charge in [0.15, 0.2) is 5.78 Å². The second-order valence-electron chi connectivity index (χ2n) is 22.0. The third-order valence-corrected chi connectivity index (χ3v) is 14.9. The van der Waals surface area contributed by atoms with Crippen LogP contribution in [0.25, 0.3) is 23.3 Å². The van der Waals surface area contributed by atoms with E-state index in [9.17, 15) is 14.4 Å². The first kappa shape index (κ1) is 49.4. The lowest BCUT2D eigenvalue weighted by Gasteiger charge is -2.42. The lowest BCUT2D eigenvalue weighted by Crippen LogP contribution is -2.33. The third-order valence-electron chi connectivity index (χ3n) is 14.9. The zero-order chi connectivity index (χ0) is 47.2. The average Bonchev–Trinajstić information content (AvgIpc) is 3.27. The van der Waals surface area contributed by atoms with Gasteiger partial charge in [-0.1, -0.05) is 167 Å². The van der Waals surface area contributed by atoms with E-state index in [4.69, 9.17) is 0 Å². The van der Waals surface area contributed by atoms with Crippen LogP contribution in [0.4, 0.5) is 0 Å². The van der Waals surface area contributed by atoms with Gasteiger partial charge in [-0.15, -0.1) is 0 Å². The zero-order valence-corrected chi connectivity index (χ0v) is 41.7. The summed E-state index contributed by atoms with van der Waals surface area (Å²) >= 11 is 0. The predicted octanol–water partition coefficient (Wildman–Crippen LogP) is 14.6. The van der Waals surface area contributed by atoms with Gasteiger partial charge in [0.05, 0.1) is 0 Å². The fraction of sp³-hybridized carbons (Fsp3) is 0.483. The van der Waals surface area contributed by atoms with E-state index in [1.54, 1.807) is 0 Å². The van der Waals surface area contributed by atoms with Crippen LogP contribution < -0.4 is 10.6 Å². The maximum atomic E-state index is 13.7. The van der Waals surface area contributed by atoms with Gasteiger partial charge in [0.1, 0.15) is 0 Å². The van der Waals surface area contributed by atoms with Crippen LogP contribution in [0, 0.1) is 5.92 Å². The van der Waals surface area contributed by atoms with Crippen LogP contribution in [0.1, 0.15) is 212 Å². The van der Waals surface area contributed by atoms with Crippen LogP contribution in [0.2, 0.25) is 0 Å². The molecule has 2 N–H and O–H groups in total. The number of fused-ring (bicyclic) bond motifs is 2. The number of nitrogens with one attached hydrogen (secondary N) is 2. The molecule has 0 radical (unpaired) electrons. The van der Waals surface area contributed by atoms with Gasteiger partial charge in [-0.05, 0) is 148 Å². The van der Waals surface area contributed by atoms with Crippen LogP contribution in [0.15, 0.2) is 84.9 Å². The van der Waals surface area contributed by atoms with Crippen molar-refractivity contribution in [2.24, 2.45) is 5.92 Å². The topological polar surface area (TPSA) is 75.3 Å². The second kappa shape index (κ2) is 20.6. The first-order valence-corrected chi connectivity index (χ1v) is 24.7. The molecule has 65 heavy (non-hydrogen) atoms. The van der Waals surface area contributed by atoms with Gasteiger partial charge in [0, 0.05) is 36.6 Å². The van der Waals surface area contributed by atoms with Gasteiger partial charge >= 0.3 is 0 Å². The van der Waals surface area contributed by atoms with E-state index < -0.39 is 5.92 Å². The summed E-state index contributed by atoms with van der Waals surface area (Å²) < 4.78 is 0. The highest BCUT2D eigenvalue weighted by Gasteiger charge is 2.38.